The van der Waals surface area contributed by atoms with Crippen molar-refractivity contribution in [3.05, 3.63) is 76.1 Å². The highest BCUT2D eigenvalue weighted by molar-refractivity contribution is 5.86. The number of halogens is 4. The molecular formula is C29H32F4N4O4. The Balaban J connectivity index is 0.000000189. The summed E-state index contributed by atoms with van der Waals surface area (Å²) in [6.45, 7) is 2.26. The van der Waals surface area contributed by atoms with Crippen LogP contribution in [0.3, 0.4) is 0 Å². The zero-order chi connectivity index (χ0) is 29.6. The van der Waals surface area contributed by atoms with E-state index in [9.17, 15) is 32.5 Å². The second-order valence-electron chi connectivity index (χ2n) is 10.2. The van der Waals surface area contributed by atoms with E-state index >= 15 is 0 Å². The molecule has 2 N–H and O–H groups in total. The summed E-state index contributed by atoms with van der Waals surface area (Å²) >= 11 is 0. The topological polar surface area (TPSA) is 99.0 Å². The zero-order valence-corrected chi connectivity index (χ0v) is 22.4. The van der Waals surface area contributed by atoms with Gasteiger partial charge in [-0.25, -0.2) is 4.39 Å². The molecule has 0 atom stereocenters. The van der Waals surface area contributed by atoms with Gasteiger partial charge >= 0.3 is 6.18 Å². The van der Waals surface area contributed by atoms with Gasteiger partial charge in [0.05, 0.1) is 4.92 Å². The van der Waals surface area contributed by atoms with Crippen LogP contribution in [0.25, 0.3) is 10.8 Å². The molecule has 2 fully saturated rings. The minimum Gasteiger partial charge on any atom is -0.387 e. The molecule has 0 bridgehead atoms. The van der Waals surface area contributed by atoms with Crippen LogP contribution >= 0.6 is 0 Å². The molecule has 1 saturated heterocycles. The highest BCUT2D eigenvalue weighted by atomic mass is 19.4. The fourth-order valence-corrected chi connectivity index (χ4v) is 5.21. The van der Waals surface area contributed by atoms with Crippen LogP contribution in [0, 0.1) is 15.9 Å². The van der Waals surface area contributed by atoms with E-state index in [2.05, 4.69) is 10.2 Å². The first-order valence-electron chi connectivity index (χ1n) is 13.5. The van der Waals surface area contributed by atoms with Gasteiger partial charge in [0, 0.05) is 49.7 Å². The number of piperazine rings is 1. The first-order chi connectivity index (χ1) is 19.5. The van der Waals surface area contributed by atoms with Crippen LogP contribution in [0.2, 0.25) is 0 Å². The van der Waals surface area contributed by atoms with Gasteiger partial charge in [-0.15, -0.1) is 0 Å². The monoisotopic (exact) mass is 576 g/mol. The number of aliphatic hydroxyl groups excluding tert-OH is 1. The number of nitrogens with zero attached hydrogens (tertiary/aromatic N) is 3. The number of hydrogen-bond donors (Lipinski definition) is 2. The summed E-state index contributed by atoms with van der Waals surface area (Å²) in [5.41, 5.74) is -0.755. The van der Waals surface area contributed by atoms with Gasteiger partial charge in [-0.2, -0.15) is 13.2 Å². The van der Waals surface area contributed by atoms with Gasteiger partial charge < -0.3 is 20.2 Å². The number of fused-ring (bicyclic) bond motifs is 1. The van der Waals surface area contributed by atoms with E-state index in [4.69, 9.17) is 5.11 Å². The molecule has 0 unspecified atom stereocenters. The Labute approximate surface area is 234 Å². The van der Waals surface area contributed by atoms with Crippen molar-refractivity contribution in [2.75, 3.05) is 43.0 Å². The maximum atomic E-state index is 13.2. The van der Waals surface area contributed by atoms with E-state index in [1.165, 1.54) is 18.2 Å². The molecule has 1 aliphatic heterocycles. The van der Waals surface area contributed by atoms with E-state index in [-0.39, 0.29) is 23.5 Å². The Kier molecular flexibility index (Phi) is 9.64. The maximum Gasteiger partial charge on any atom is 0.423 e. The summed E-state index contributed by atoms with van der Waals surface area (Å²) in [5, 5.41) is 24.5. The molecule has 3 aromatic rings. The van der Waals surface area contributed by atoms with Crippen LogP contribution in [0.5, 0.6) is 0 Å². The van der Waals surface area contributed by atoms with Gasteiger partial charge in [-0.05, 0) is 60.0 Å². The maximum absolute atomic E-state index is 13.2. The van der Waals surface area contributed by atoms with Crippen LogP contribution in [0.1, 0.15) is 37.7 Å². The third-order valence-corrected chi connectivity index (χ3v) is 7.39. The Hall–Kier alpha value is -3.93. The number of rotatable bonds is 5. The molecule has 3 aromatic carbocycles. The number of amides is 1. The van der Waals surface area contributed by atoms with Crippen LogP contribution in [-0.2, 0) is 11.0 Å². The Morgan fingerprint density at radius 3 is 2.24 bits per heavy atom. The predicted molar refractivity (Wildman–Crippen MR) is 148 cm³/mol. The summed E-state index contributed by atoms with van der Waals surface area (Å²) in [5.74, 6) is -0.449. The summed E-state index contributed by atoms with van der Waals surface area (Å²) in [4.78, 5) is 25.0. The first kappa shape index (κ1) is 30.0. The van der Waals surface area contributed by atoms with Crippen molar-refractivity contribution in [2.45, 2.75) is 44.3 Å². The third kappa shape index (κ3) is 7.84. The lowest BCUT2D eigenvalue weighted by atomic mass is 9.95. The van der Waals surface area contributed by atoms with Crippen molar-refractivity contribution in [1.82, 2.24) is 4.90 Å². The van der Waals surface area contributed by atoms with Crippen molar-refractivity contribution in [2.24, 2.45) is 0 Å². The molecule has 41 heavy (non-hydrogen) atoms. The van der Waals surface area contributed by atoms with Crippen molar-refractivity contribution >= 4 is 33.7 Å². The van der Waals surface area contributed by atoms with Gasteiger partial charge in [0.1, 0.15) is 18.0 Å². The Bertz CT molecular complexity index is 1370. The average Bonchev–Trinajstić information content (AvgIpc) is 2.97. The molecule has 1 heterocycles. The second-order valence-corrected chi connectivity index (χ2v) is 10.2. The lowest BCUT2D eigenvalue weighted by molar-refractivity contribution is -0.388. The highest BCUT2D eigenvalue weighted by Gasteiger charge is 2.38. The third-order valence-electron chi connectivity index (χ3n) is 7.39. The fourth-order valence-electron chi connectivity index (χ4n) is 5.21. The normalized spacial score (nSPS) is 16.2. The average molecular weight is 577 g/mol. The van der Waals surface area contributed by atoms with Crippen molar-refractivity contribution < 1.29 is 32.4 Å². The quantitative estimate of drug-likeness (QED) is 0.220. The molecule has 2 aliphatic rings. The van der Waals surface area contributed by atoms with Gasteiger partial charge in [-0.3, -0.25) is 14.9 Å². The Morgan fingerprint density at radius 2 is 1.61 bits per heavy atom. The van der Waals surface area contributed by atoms with Crippen molar-refractivity contribution in [3.8, 4) is 0 Å². The van der Waals surface area contributed by atoms with Crippen molar-refractivity contribution in [3.63, 3.8) is 0 Å². The van der Waals surface area contributed by atoms with E-state index in [0.717, 1.165) is 73.8 Å². The van der Waals surface area contributed by atoms with Crippen molar-refractivity contribution in [1.29, 1.82) is 0 Å². The number of nitro groups is 1. The smallest absolute Gasteiger partial charge is 0.387 e. The molecule has 0 aromatic heterocycles. The summed E-state index contributed by atoms with van der Waals surface area (Å²) < 4.78 is 51.7. The zero-order valence-electron chi connectivity index (χ0n) is 22.4. The Morgan fingerprint density at radius 1 is 0.951 bits per heavy atom. The standard InChI is InChI=1S/C16H17FN2O2.C13H15F3N2O2/c17-14-3-1-13-10-15(4-2-12(13)9-14)18-5-7-19(8-6-18)16(21)11-20;14-13(15,16)11-8-10(6-7-12(11)18(19)20)17-9-4-2-1-3-5-9/h1-4,9-10,20H,5-8,11H2;6-9,17H,1-5H2. The number of aliphatic hydroxyl groups is 1. The van der Waals surface area contributed by atoms with E-state index in [0.29, 0.717) is 13.1 Å². The van der Waals surface area contributed by atoms with E-state index in [1.807, 2.05) is 18.2 Å². The molecule has 220 valence electrons. The molecule has 12 heteroatoms. The lowest BCUT2D eigenvalue weighted by Crippen LogP contribution is -2.49. The molecule has 8 nitrogen and oxygen atoms in total. The minimum atomic E-state index is -4.73. The number of hydrogen-bond acceptors (Lipinski definition) is 6. The molecule has 0 radical (unpaired) electrons. The first-order valence-corrected chi connectivity index (χ1v) is 13.5. The number of carbonyl (C=O) groups excluding carboxylic acids is 1. The highest BCUT2D eigenvalue weighted by Crippen LogP contribution is 2.38. The molecular weight excluding hydrogens is 544 g/mol. The largest absolute Gasteiger partial charge is 0.423 e. The van der Waals surface area contributed by atoms with Crippen LogP contribution in [0.4, 0.5) is 34.6 Å². The molecule has 1 saturated carbocycles. The summed E-state index contributed by atoms with van der Waals surface area (Å²) in [6.07, 6.45) is 0.350. The lowest BCUT2D eigenvalue weighted by Gasteiger charge is -2.36. The summed E-state index contributed by atoms with van der Waals surface area (Å²) in [6, 6.07) is 13.9. The molecule has 0 spiro atoms. The van der Waals surface area contributed by atoms with Gasteiger partial charge in [0.15, 0.2) is 0 Å². The predicted octanol–water partition coefficient (Wildman–Crippen LogP) is 5.98. The number of nitro benzene ring substituents is 1. The number of alkyl halides is 3. The van der Waals surface area contributed by atoms with Crippen LogP contribution in [-0.4, -0.2) is 59.7 Å². The molecule has 5 rings (SSSR count). The number of carbonyl (C=O) groups is 1. The second kappa shape index (κ2) is 13.2. The molecule has 1 amide bonds. The number of anilines is 2. The van der Waals surface area contributed by atoms with Gasteiger partial charge in [0.25, 0.3) is 5.69 Å². The van der Waals surface area contributed by atoms with Crippen LogP contribution < -0.4 is 10.2 Å². The fraction of sp³-hybridized carbons (Fsp3) is 0.414. The summed E-state index contributed by atoms with van der Waals surface area (Å²) in [7, 11) is 0. The number of benzene rings is 3. The van der Waals surface area contributed by atoms with E-state index < -0.39 is 29.0 Å². The SMILES string of the molecule is O=C(CO)N1CCN(c2ccc3cc(F)ccc3c2)CC1.O=[N+]([O-])c1ccc(NC2CCCCC2)cc1C(F)(F)F. The molecule has 1 aliphatic carbocycles. The van der Waals surface area contributed by atoms with Gasteiger partial charge in [-0.1, -0.05) is 31.4 Å². The van der Waals surface area contributed by atoms with E-state index in [1.54, 1.807) is 11.0 Å². The minimum absolute atomic E-state index is 0.145. The number of nitrogens with one attached hydrogen (secondary N) is 1. The van der Waals surface area contributed by atoms with Gasteiger partial charge in [0.2, 0.25) is 5.91 Å². The van der Waals surface area contributed by atoms with Crippen LogP contribution in [0.15, 0.2) is 54.6 Å².